The van der Waals surface area contributed by atoms with Crippen LogP contribution in [0.2, 0.25) is 0 Å². The molecular weight excluding hydrogens is 366 g/mol. The minimum atomic E-state index is -0.469. The van der Waals surface area contributed by atoms with Gasteiger partial charge in [0.25, 0.3) is 0 Å². The Labute approximate surface area is 173 Å². The molecule has 29 heavy (non-hydrogen) atoms. The van der Waals surface area contributed by atoms with Crippen LogP contribution in [0.15, 0.2) is 36.9 Å². The van der Waals surface area contributed by atoms with Crippen LogP contribution in [0.25, 0.3) is 0 Å². The number of hydrogen-bond acceptors (Lipinski definition) is 5. The zero-order chi connectivity index (χ0) is 20.9. The van der Waals surface area contributed by atoms with Crippen molar-refractivity contribution < 1.29 is 9.53 Å². The summed E-state index contributed by atoms with van der Waals surface area (Å²) < 4.78 is 7.43. The average Bonchev–Trinajstić information content (AvgIpc) is 3.19. The fourth-order valence-corrected chi connectivity index (χ4v) is 3.70. The molecular formula is C22H33N5O2. The highest BCUT2D eigenvalue weighted by atomic mass is 16.6. The van der Waals surface area contributed by atoms with E-state index >= 15 is 0 Å². The summed E-state index contributed by atoms with van der Waals surface area (Å²) in [4.78, 5) is 18.5. The number of benzene rings is 1. The van der Waals surface area contributed by atoms with Crippen molar-refractivity contribution >= 4 is 6.09 Å². The van der Waals surface area contributed by atoms with Crippen molar-refractivity contribution in [3.8, 4) is 0 Å². The number of likely N-dealkylation sites (tertiary alicyclic amines) is 1. The minimum Gasteiger partial charge on any atom is -0.444 e. The van der Waals surface area contributed by atoms with E-state index in [4.69, 9.17) is 4.74 Å². The van der Waals surface area contributed by atoms with Crippen molar-refractivity contribution in [3.05, 3.63) is 48.0 Å². The van der Waals surface area contributed by atoms with Crippen LogP contribution < -0.4 is 5.32 Å². The van der Waals surface area contributed by atoms with E-state index in [1.54, 1.807) is 12.7 Å². The highest BCUT2D eigenvalue weighted by molar-refractivity contribution is 5.68. The lowest BCUT2D eigenvalue weighted by Crippen LogP contribution is -2.54. The minimum absolute atomic E-state index is 0.158. The van der Waals surface area contributed by atoms with E-state index in [-0.39, 0.29) is 18.2 Å². The van der Waals surface area contributed by atoms with Gasteiger partial charge in [0.05, 0.1) is 12.6 Å². The molecule has 1 fully saturated rings. The molecule has 0 aliphatic carbocycles. The Bertz CT molecular complexity index is 768. The Balaban J connectivity index is 1.54. The molecule has 1 N–H and O–H groups in total. The second-order valence-electron chi connectivity index (χ2n) is 8.82. The highest BCUT2D eigenvalue weighted by Gasteiger charge is 2.33. The molecule has 1 aromatic carbocycles. The molecule has 2 aromatic rings. The standard InChI is InChI=1S/C22H33N5O2/c1-17(20-7-5-6-12-27(20)21(28)29-22(2,3)4)24-13-18-8-10-19(11-9-18)14-26-16-23-15-25-26/h8-11,15-17,20,24H,5-7,12-14H2,1-4H3/t17-,20+/m0/s1. The van der Waals surface area contributed by atoms with E-state index in [9.17, 15) is 4.79 Å². The van der Waals surface area contributed by atoms with Gasteiger partial charge >= 0.3 is 6.09 Å². The Morgan fingerprint density at radius 1 is 1.24 bits per heavy atom. The summed E-state index contributed by atoms with van der Waals surface area (Å²) in [6, 6.07) is 8.87. The predicted molar refractivity (Wildman–Crippen MR) is 112 cm³/mol. The van der Waals surface area contributed by atoms with Gasteiger partial charge in [-0.1, -0.05) is 24.3 Å². The van der Waals surface area contributed by atoms with Gasteiger partial charge in [-0.25, -0.2) is 14.5 Å². The summed E-state index contributed by atoms with van der Waals surface area (Å²) >= 11 is 0. The number of hydrogen-bond donors (Lipinski definition) is 1. The monoisotopic (exact) mass is 399 g/mol. The first kappa shape index (κ1) is 21.3. The molecule has 0 saturated carbocycles. The van der Waals surface area contributed by atoms with Crippen LogP contribution in [-0.4, -0.2) is 50.0 Å². The number of nitrogens with one attached hydrogen (secondary N) is 1. The molecule has 2 heterocycles. The van der Waals surface area contributed by atoms with Gasteiger partial charge in [0, 0.05) is 19.1 Å². The Morgan fingerprint density at radius 3 is 2.62 bits per heavy atom. The van der Waals surface area contributed by atoms with Crippen LogP contribution in [0, 0.1) is 0 Å². The molecule has 7 nitrogen and oxygen atoms in total. The number of aromatic nitrogens is 3. The van der Waals surface area contributed by atoms with E-state index in [2.05, 4.69) is 46.6 Å². The van der Waals surface area contributed by atoms with Crippen molar-refractivity contribution in [2.75, 3.05) is 6.54 Å². The topological polar surface area (TPSA) is 72.3 Å². The molecule has 0 spiro atoms. The summed E-state index contributed by atoms with van der Waals surface area (Å²) in [5.74, 6) is 0. The fourth-order valence-electron chi connectivity index (χ4n) is 3.70. The number of carbonyl (C=O) groups is 1. The fraction of sp³-hybridized carbons (Fsp3) is 0.591. The summed E-state index contributed by atoms with van der Waals surface area (Å²) in [6.45, 7) is 10.2. The van der Waals surface area contributed by atoms with E-state index in [0.29, 0.717) is 0 Å². The maximum atomic E-state index is 12.6. The quantitative estimate of drug-likeness (QED) is 0.804. The Kier molecular flexibility index (Phi) is 6.90. The third kappa shape index (κ3) is 6.29. The molecule has 7 heteroatoms. The molecule has 0 unspecified atom stereocenters. The first-order chi connectivity index (χ1) is 13.8. The van der Waals surface area contributed by atoms with Gasteiger partial charge in [0.15, 0.2) is 0 Å². The van der Waals surface area contributed by atoms with Gasteiger partial charge in [-0.15, -0.1) is 0 Å². The molecule has 158 valence electrons. The zero-order valence-electron chi connectivity index (χ0n) is 18.0. The molecule has 1 aliphatic rings. The second-order valence-corrected chi connectivity index (χ2v) is 8.82. The third-order valence-corrected chi connectivity index (χ3v) is 5.22. The van der Waals surface area contributed by atoms with Crippen molar-refractivity contribution in [3.63, 3.8) is 0 Å². The van der Waals surface area contributed by atoms with Gasteiger partial charge in [-0.3, -0.25) is 0 Å². The summed E-state index contributed by atoms with van der Waals surface area (Å²) in [6.07, 6.45) is 6.25. The van der Waals surface area contributed by atoms with E-state index in [0.717, 1.165) is 38.9 Å². The van der Waals surface area contributed by atoms with E-state index in [1.807, 2.05) is 30.4 Å². The molecule has 0 radical (unpaired) electrons. The van der Waals surface area contributed by atoms with Crippen LogP contribution in [0.5, 0.6) is 0 Å². The maximum Gasteiger partial charge on any atom is 0.410 e. The smallest absolute Gasteiger partial charge is 0.410 e. The van der Waals surface area contributed by atoms with Crippen molar-refractivity contribution in [1.29, 1.82) is 0 Å². The summed E-state index contributed by atoms with van der Waals surface area (Å²) in [5, 5.41) is 7.74. The SMILES string of the molecule is C[C@H](NCc1ccc(Cn2cncn2)cc1)[C@H]1CCCCN1C(=O)OC(C)(C)C. The molecule has 1 amide bonds. The molecule has 2 atom stereocenters. The zero-order valence-corrected chi connectivity index (χ0v) is 18.0. The van der Waals surface area contributed by atoms with Gasteiger partial charge in [-0.05, 0) is 58.1 Å². The number of carbonyl (C=O) groups excluding carboxylic acids is 1. The lowest BCUT2D eigenvalue weighted by atomic mass is 9.96. The normalized spacial score (nSPS) is 18.5. The average molecular weight is 400 g/mol. The maximum absolute atomic E-state index is 12.6. The second kappa shape index (κ2) is 9.39. The van der Waals surface area contributed by atoms with Crippen molar-refractivity contribution in [1.82, 2.24) is 25.0 Å². The number of nitrogens with zero attached hydrogens (tertiary/aromatic N) is 4. The van der Waals surface area contributed by atoms with E-state index < -0.39 is 5.60 Å². The molecule has 1 aromatic heterocycles. The van der Waals surface area contributed by atoms with Gasteiger partial charge in [0.2, 0.25) is 0 Å². The van der Waals surface area contributed by atoms with Crippen LogP contribution in [0.1, 0.15) is 58.1 Å². The first-order valence-corrected chi connectivity index (χ1v) is 10.4. The number of piperidine rings is 1. The Morgan fingerprint density at radius 2 is 1.97 bits per heavy atom. The van der Waals surface area contributed by atoms with Crippen LogP contribution in [0.4, 0.5) is 4.79 Å². The predicted octanol–water partition coefficient (Wildman–Crippen LogP) is 3.59. The summed E-state index contributed by atoms with van der Waals surface area (Å²) in [7, 11) is 0. The molecule has 1 aliphatic heterocycles. The number of rotatable bonds is 6. The number of ether oxygens (including phenoxy) is 1. The van der Waals surface area contributed by atoms with Crippen LogP contribution in [0.3, 0.4) is 0 Å². The summed E-state index contributed by atoms with van der Waals surface area (Å²) in [5.41, 5.74) is 1.94. The lowest BCUT2D eigenvalue weighted by Gasteiger charge is -2.40. The van der Waals surface area contributed by atoms with Crippen LogP contribution in [-0.2, 0) is 17.8 Å². The molecule has 3 rings (SSSR count). The largest absolute Gasteiger partial charge is 0.444 e. The molecule has 0 bridgehead atoms. The van der Waals surface area contributed by atoms with Crippen molar-refractivity contribution in [2.24, 2.45) is 0 Å². The number of amides is 1. The van der Waals surface area contributed by atoms with Gasteiger partial charge in [0.1, 0.15) is 18.3 Å². The van der Waals surface area contributed by atoms with Gasteiger partial charge < -0.3 is 15.0 Å². The van der Waals surface area contributed by atoms with Crippen LogP contribution >= 0.6 is 0 Å². The van der Waals surface area contributed by atoms with Crippen molar-refractivity contribution in [2.45, 2.75) is 77.7 Å². The van der Waals surface area contributed by atoms with E-state index in [1.165, 1.54) is 11.1 Å². The highest BCUT2D eigenvalue weighted by Crippen LogP contribution is 2.23. The lowest BCUT2D eigenvalue weighted by molar-refractivity contribution is 0.00553. The first-order valence-electron chi connectivity index (χ1n) is 10.4. The Hall–Kier alpha value is -2.41. The van der Waals surface area contributed by atoms with Gasteiger partial charge in [-0.2, -0.15) is 5.10 Å². The third-order valence-electron chi connectivity index (χ3n) is 5.22. The molecule has 1 saturated heterocycles.